The molecule has 0 unspecified atom stereocenters. The number of hydrogen-bond acceptors (Lipinski definition) is 5. The van der Waals surface area contributed by atoms with Gasteiger partial charge in [-0.3, -0.25) is 14.4 Å². The second-order valence-corrected chi connectivity index (χ2v) is 3.54. The minimum atomic E-state index is -0.757. The van der Waals surface area contributed by atoms with Crippen LogP contribution >= 0.6 is 0 Å². The van der Waals surface area contributed by atoms with Crippen LogP contribution < -0.4 is 15.8 Å². The molecule has 1 aromatic rings. The van der Waals surface area contributed by atoms with Gasteiger partial charge in [0.15, 0.2) is 6.61 Å². The first kappa shape index (κ1) is 14.5. The zero-order valence-electron chi connectivity index (χ0n) is 10.3. The van der Waals surface area contributed by atoms with Crippen molar-refractivity contribution >= 4 is 17.8 Å². The molecule has 102 valence electrons. The molecule has 3 N–H and O–H groups in total. The van der Waals surface area contributed by atoms with E-state index in [1.54, 1.807) is 18.2 Å². The highest BCUT2D eigenvalue weighted by Crippen LogP contribution is 2.12. The topological polar surface area (TPSA) is 108 Å². The Hall–Kier alpha value is -2.57. The van der Waals surface area contributed by atoms with E-state index in [1.807, 2.05) is 0 Å². The van der Waals surface area contributed by atoms with E-state index in [1.165, 1.54) is 13.2 Å². The first-order chi connectivity index (χ1) is 9.02. The van der Waals surface area contributed by atoms with E-state index in [0.29, 0.717) is 11.3 Å². The molecular formula is C12H14N2O5. The van der Waals surface area contributed by atoms with Crippen molar-refractivity contribution in [2.45, 2.75) is 0 Å². The molecule has 1 rings (SSSR count). The van der Waals surface area contributed by atoms with E-state index in [0.717, 1.165) is 0 Å². The molecule has 1 aromatic carbocycles. The zero-order valence-corrected chi connectivity index (χ0v) is 10.3. The number of amides is 2. The quantitative estimate of drug-likeness (QED) is 0.672. The molecule has 0 radical (unpaired) electrons. The summed E-state index contributed by atoms with van der Waals surface area (Å²) >= 11 is 0. The summed E-state index contributed by atoms with van der Waals surface area (Å²) in [6.45, 7) is -0.850. The largest absolute Gasteiger partial charge is 0.497 e. The van der Waals surface area contributed by atoms with Gasteiger partial charge < -0.3 is 20.5 Å². The highest BCUT2D eigenvalue weighted by molar-refractivity contribution is 5.96. The monoisotopic (exact) mass is 266 g/mol. The second-order valence-electron chi connectivity index (χ2n) is 3.54. The van der Waals surface area contributed by atoms with E-state index < -0.39 is 24.4 Å². The smallest absolute Gasteiger partial charge is 0.325 e. The van der Waals surface area contributed by atoms with Crippen molar-refractivity contribution in [2.24, 2.45) is 5.73 Å². The van der Waals surface area contributed by atoms with Crippen molar-refractivity contribution in [1.82, 2.24) is 5.32 Å². The van der Waals surface area contributed by atoms with Crippen LogP contribution in [0.1, 0.15) is 10.4 Å². The predicted molar refractivity (Wildman–Crippen MR) is 65.5 cm³/mol. The van der Waals surface area contributed by atoms with Gasteiger partial charge in [0, 0.05) is 5.56 Å². The van der Waals surface area contributed by atoms with Crippen LogP contribution in [0.2, 0.25) is 0 Å². The predicted octanol–water partition coefficient (Wildman–Crippen LogP) is -0.546. The molecule has 0 bridgehead atoms. The number of nitrogens with two attached hydrogens (primary N) is 1. The number of carbonyl (C=O) groups excluding carboxylic acids is 3. The lowest BCUT2D eigenvalue weighted by Crippen LogP contribution is -2.32. The maximum Gasteiger partial charge on any atom is 0.325 e. The van der Waals surface area contributed by atoms with Gasteiger partial charge in [-0.1, -0.05) is 6.07 Å². The van der Waals surface area contributed by atoms with E-state index in [9.17, 15) is 14.4 Å². The van der Waals surface area contributed by atoms with Gasteiger partial charge >= 0.3 is 5.97 Å². The average molecular weight is 266 g/mol. The third-order valence-electron chi connectivity index (χ3n) is 2.10. The third-order valence-corrected chi connectivity index (χ3v) is 2.10. The van der Waals surface area contributed by atoms with Gasteiger partial charge in [-0.15, -0.1) is 0 Å². The summed E-state index contributed by atoms with van der Waals surface area (Å²) in [4.78, 5) is 33.2. The van der Waals surface area contributed by atoms with Gasteiger partial charge in [0.05, 0.1) is 7.11 Å². The molecule has 7 heteroatoms. The number of carbonyl (C=O) groups is 3. The van der Waals surface area contributed by atoms with Crippen molar-refractivity contribution in [2.75, 3.05) is 20.3 Å². The molecule has 0 aliphatic heterocycles. The Bertz CT molecular complexity index is 487. The maximum absolute atomic E-state index is 11.7. The molecule has 19 heavy (non-hydrogen) atoms. The fourth-order valence-electron chi connectivity index (χ4n) is 1.22. The molecule has 0 atom stereocenters. The molecule has 0 spiro atoms. The Labute approximate surface area is 109 Å². The van der Waals surface area contributed by atoms with E-state index in [2.05, 4.69) is 10.1 Å². The normalized spacial score (nSPS) is 9.53. The summed E-state index contributed by atoms with van der Waals surface area (Å²) in [6.07, 6.45) is 0. The zero-order chi connectivity index (χ0) is 14.3. The van der Waals surface area contributed by atoms with Crippen molar-refractivity contribution in [1.29, 1.82) is 0 Å². The third kappa shape index (κ3) is 5.07. The van der Waals surface area contributed by atoms with E-state index in [-0.39, 0.29) is 6.54 Å². The number of esters is 1. The minimum absolute atomic E-state index is 0.344. The first-order valence-corrected chi connectivity index (χ1v) is 5.39. The second kappa shape index (κ2) is 7.00. The molecule has 2 amide bonds. The highest BCUT2D eigenvalue weighted by Gasteiger charge is 2.10. The van der Waals surface area contributed by atoms with Crippen LogP contribution in [0.3, 0.4) is 0 Å². The summed E-state index contributed by atoms with van der Waals surface area (Å²) < 4.78 is 9.45. The molecule has 0 saturated heterocycles. The highest BCUT2D eigenvalue weighted by atomic mass is 16.5. The van der Waals surface area contributed by atoms with Crippen LogP contribution in [0, 0.1) is 0 Å². The Balaban J connectivity index is 2.46. The van der Waals surface area contributed by atoms with Gasteiger partial charge in [0.25, 0.3) is 11.8 Å². The lowest BCUT2D eigenvalue weighted by atomic mass is 10.2. The van der Waals surface area contributed by atoms with Gasteiger partial charge in [-0.2, -0.15) is 0 Å². The minimum Gasteiger partial charge on any atom is -0.497 e. The van der Waals surface area contributed by atoms with Crippen LogP contribution in [-0.2, 0) is 14.3 Å². The number of hydrogen-bond donors (Lipinski definition) is 2. The summed E-state index contributed by atoms with van der Waals surface area (Å²) in [5, 5.41) is 2.35. The van der Waals surface area contributed by atoms with Gasteiger partial charge in [-0.05, 0) is 18.2 Å². The Morgan fingerprint density at radius 2 is 2.05 bits per heavy atom. The Morgan fingerprint density at radius 3 is 2.68 bits per heavy atom. The number of rotatable bonds is 6. The molecule has 0 saturated carbocycles. The van der Waals surface area contributed by atoms with Gasteiger partial charge in [-0.25, -0.2) is 0 Å². The maximum atomic E-state index is 11.7. The van der Waals surface area contributed by atoms with Crippen molar-refractivity contribution in [3.8, 4) is 5.75 Å². The molecular weight excluding hydrogens is 252 g/mol. The van der Waals surface area contributed by atoms with E-state index in [4.69, 9.17) is 10.5 Å². The summed E-state index contributed by atoms with van der Waals surface area (Å²) in [5.41, 5.74) is 5.15. The lowest BCUT2D eigenvalue weighted by molar-refractivity contribution is -0.146. The Morgan fingerprint density at radius 1 is 1.32 bits per heavy atom. The molecule has 0 fully saturated rings. The first-order valence-electron chi connectivity index (χ1n) is 5.39. The van der Waals surface area contributed by atoms with Crippen molar-refractivity contribution in [3.05, 3.63) is 29.8 Å². The Kier molecular flexibility index (Phi) is 5.34. The van der Waals surface area contributed by atoms with Gasteiger partial charge in [0.2, 0.25) is 0 Å². The standard InChI is InChI=1S/C12H14N2O5/c1-18-9-4-2-3-8(5-9)12(17)14-6-11(16)19-7-10(13)15/h2-5H,6-7H2,1H3,(H2,13,15)(H,14,17). The number of nitrogens with one attached hydrogen (secondary N) is 1. The molecule has 0 aromatic heterocycles. The van der Waals surface area contributed by atoms with Crippen LogP contribution in [0.15, 0.2) is 24.3 Å². The summed E-state index contributed by atoms with van der Waals surface area (Å²) in [7, 11) is 1.48. The number of benzene rings is 1. The SMILES string of the molecule is COc1cccc(C(=O)NCC(=O)OCC(N)=O)c1. The van der Waals surface area contributed by atoms with Crippen molar-refractivity contribution < 1.29 is 23.9 Å². The average Bonchev–Trinajstić information content (AvgIpc) is 2.42. The van der Waals surface area contributed by atoms with Crippen LogP contribution in [0.5, 0.6) is 5.75 Å². The number of ether oxygens (including phenoxy) is 2. The fraction of sp³-hybridized carbons (Fsp3) is 0.250. The summed E-state index contributed by atoms with van der Waals surface area (Å²) in [6, 6.07) is 6.45. The molecule has 0 aliphatic rings. The lowest BCUT2D eigenvalue weighted by Gasteiger charge is -2.06. The number of methoxy groups -OCH3 is 1. The van der Waals surface area contributed by atoms with E-state index >= 15 is 0 Å². The molecule has 7 nitrogen and oxygen atoms in total. The summed E-state index contributed by atoms with van der Waals surface area (Å²) in [5.74, 6) is -1.42. The van der Waals surface area contributed by atoms with Crippen LogP contribution in [-0.4, -0.2) is 38.0 Å². The van der Waals surface area contributed by atoms with Gasteiger partial charge in [0.1, 0.15) is 12.3 Å². The van der Waals surface area contributed by atoms with Crippen molar-refractivity contribution in [3.63, 3.8) is 0 Å². The number of primary amides is 1. The van der Waals surface area contributed by atoms with Crippen LogP contribution in [0.25, 0.3) is 0 Å². The molecule has 0 aliphatic carbocycles. The van der Waals surface area contributed by atoms with Crippen LogP contribution in [0.4, 0.5) is 0 Å². The fourth-order valence-corrected chi connectivity index (χ4v) is 1.22. The molecule has 0 heterocycles.